The summed E-state index contributed by atoms with van der Waals surface area (Å²) < 4.78 is 33.5. The maximum absolute atomic E-state index is 13.7. The molecule has 3 aromatic rings. The summed E-state index contributed by atoms with van der Waals surface area (Å²) in [5, 5.41) is 6.35. The van der Waals surface area contributed by atoms with E-state index < -0.39 is 17.5 Å². The standard InChI is InChI=1S/C17H14F2N4O2/c18-11-5-6-13(12(19)8-11)20-16(24)14-2-1-7-23(14)9-15-21-17(25-22-15)10-3-4-10/h1-2,5-8,10H,3-4,9H2,(H,20,24). The lowest BCUT2D eigenvalue weighted by atomic mass is 10.3. The first-order valence-electron chi connectivity index (χ1n) is 7.84. The lowest BCUT2D eigenvalue weighted by Gasteiger charge is -2.09. The second-order valence-electron chi connectivity index (χ2n) is 5.92. The maximum atomic E-state index is 13.7. The fraction of sp³-hybridized carbons (Fsp3) is 0.235. The zero-order chi connectivity index (χ0) is 17.4. The van der Waals surface area contributed by atoms with Crippen LogP contribution in [0.4, 0.5) is 14.5 Å². The summed E-state index contributed by atoms with van der Waals surface area (Å²) >= 11 is 0. The molecular weight excluding hydrogens is 330 g/mol. The van der Waals surface area contributed by atoms with Gasteiger partial charge in [0.15, 0.2) is 5.82 Å². The SMILES string of the molecule is O=C(Nc1ccc(F)cc1F)c1cccn1Cc1noc(C2CC2)n1. The van der Waals surface area contributed by atoms with Gasteiger partial charge in [-0.3, -0.25) is 4.79 Å². The van der Waals surface area contributed by atoms with E-state index in [1.165, 1.54) is 6.07 Å². The van der Waals surface area contributed by atoms with Gasteiger partial charge in [-0.15, -0.1) is 0 Å². The van der Waals surface area contributed by atoms with Gasteiger partial charge in [0, 0.05) is 18.2 Å². The lowest BCUT2D eigenvalue weighted by molar-refractivity contribution is 0.101. The molecule has 1 aromatic carbocycles. The molecule has 1 aliphatic rings. The zero-order valence-corrected chi connectivity index (χ0v) is 13.1. The van der Waals surface area contributed by atoms with Crippen molar-refractivity contribution in [3.63, 3.8) is 0 Å². The Labute approximate surface area is 141 Å². The molecule has 0 atom stereocenters. The molecule has 0 saturated heterocycles. The molecule has 4 rings (SSSR count). The third-order valence-electron chi connectivity index (χ3n) is 3.96. The van der Waals surface area contributed by atoms with Crippen molar-refractivity contribution < 1.29 is 18.1 Å². The molecule has 1 amide bonds. The first kappa shape index (κ1) is 15.5. The Hall–Kier alpha value is -3.03. The number of aromatic nitrogens is 3. The second-order valence-corrected chi connectivity index (χ2v) is 5.92. The molecule has 1 fully saturated rings. The molecule has 0 spiro atoms. The van der Waals surface area contributed by atoms with Crippen LogP contribution in [0.3, 0.4) is 0 Å². The van der Waals surface area contributed by atoms with Crippen LogP contribution in [-0.4, -0.2) is 20.6 Å². The number of carbonyl (C=O) groups is 1. The summed E-state index contributed by atoms with van der Waals surface area (Å²) in [6.07, 6.45) is 3.81. The first-order chi connectivity index (χ1) is 12.1. The molecule has 2 aromatic heterocycles. The summed E-state index contributed by atoms with van der Waals surface area (Å²) in [6, 6.07) is 6.26. The number of hydrogen-bond donors (Lipinski definition) is 1. The molecule has 2 heterocycles. The van der Waals surface area contributed by atoms with E-state index in [9.17, 15) is 13.6 Å². The van der Waals surface area contributed by atoms with Crippen molar-refractivity contribution >= 4 is 11.6 Å². The van der Waals surface area contributed by atoms with Crippen LogP contribution in [0.1, 0.15) is 41.0 Å². The van der Waals surface area contributed by atoms with Crippen LogP contribution in [0.15, 0.2) is 41.1 Å². The second kappa shape index (κ2) is 6.12. The van der Waals surface area contributed by atoms with E-state index >= 15 is 0 Å². The fourth-order valence-electron chi connectivity index (χ4n) is 2.52. The predicted octanol–water partition coefficient (Wildman–Crippen LogP) is 3.33. The van der Waals surface area contributed by atoms with E-state index in [-0.39, 0.29) is 12.2 Å². The molecule has 1 saturated carbocycles. The van der Waals surface area contributed by atoms with E-state index in [2.05, 4.69) is 15.5 Å². The van der Waals surface area contributed by atoms with E-state index in [1.807, 2.05) is 0 Å². The van der Waals surface area contributed by atoms with Gasteiger partial charge in [0.05, 0.1) is 12.2 Å². The highest BCUT2D eigenvalue weighted by Gasteiger charge is 2.29. The summed E-state index contributed by atoms with van der Waals surface area (Å²) in [7, 11) is 0. The van der Waals surface area contributed by atoms with Gasteiger partial charge in [-0.25, -0.2) is 8.78 Å². The van der Waals surface area contributed by atoms with Crippen LogP contribution in [0, 0.1) is 11.6 Å². The molecule has 0 radical (unpaired) electrons. The Bertz CT molecular complexity index is 930. The lowest BCUT2D eigenvalue weighted by Crippen LogP contribution is -2.18. The van der Waals surface area contributed by atoms with Crippen LogP contribution in [0.5, 0.6) is 0 Å². The zero-order valence-electron chi connectivity index (χ0n) is 13.1. The molecule has 0 bridgehead atoms. The number of anilines is 1. The van der Waals surface area contributed by atoms with Gasteiger partial charge in [-0.1, -0.05) is 5.16 Å². The third kappa shape index (κ3) is 3.28. The maximum Gasteiger partial charge on any atom is 0.272 e. The molecule has 1 N–H and O–H groups in total. The quantitative estimate of drug-likeness (QED) is 0.770. The normalized spacial score (nSPS) is 13.8. The minimum atomic E-state index is -0.835. The minimum Gasteiger partial charge on any atom is -0.339 e. The van der Waals surface area contributed by atoms with Crippen molar-refractivity contribution in [2.24, 2.45) is 0 Å². The van der Waals surface area contributed by atoms with Crippen molar-refractivity contribution in [1.29, 1.82) is 0 Å². The molecule has 8 heteroatoms. The van der Waals surface area contributed by atoms with Gasteiger partial charge in [0.1, 0.15) is 17.3 Å². The van der Waals surface area contributed by atoms with Crippen molar-refractivity contribution in [3.05, 3.63) is 65.6 Å². The van der Waals surface area contributed by atoms with Crippen LogP contribution in [-0.2, 0) is 6.54 Å². The van der Waals surface area contributed by atoms with Gasteiger partial charge >= 0.3 is 0 Å². The average molecular weight is 344 g/mol. The average Bonchev–Trinajstić information content (AvgIpc) is 3.15. The number of halogens is 2. The van der Waals surface area contributed by atoms with Gasteiger partial charge in [0.25, 0.3) is 5.91 Å². The van der Waals surface area contributed by atoms with Gasteiger partial charge in [0.2, 0.25) is 5.89 Å². The Morgan fingerprint density at radius 3 is 2.92 bits per heavy atom. The van der Waals surface area contributed by atoms with Crippen molar-refractivity contribution in [2.75, 3.05) is 5.32 Å². The van der Waals surface area contributed by atoms with E-state index in [0.717, 1.165) is 18.9 Å². The molecule has 1 aliphatic carbocycles. The number of carbonyl (C=O) groups excluding carboxylic acids is 1. The number of hydrogen-bond acceptors (Lipinski definition) is 4. The number of nitrogens with one attached hydrogen (secondary N) is 1. The van der Waals surface area contributed by atoms with Crippen molar-refractivity contribution in [1.82, 2.24) is 14.7 Å². The number of amides is 1. The van der Waals surface area contributed by atoms with E-state index in [1.54, 1.807) is 22.9 Å². The summed E-state index contributed by atoms with van der Waals surface area (Å²) in [4.78, 5) is 16.7. The number of nitrogens with zero attached hydrogens (tertiary/aromatic N) is 3. The summed E-state index contributed by atoms with van der Waals surface area (Å²) in [5.41, 5.74) is 0.219. The van der Waals surface area contributed by atoms with Gasteiger partial charge < -0.3 is 14.4 Å². The molecule has 0 unspecified atom stereocenters. The largest absolute Gasteiger partial charge is 0.339 e. The van der Waals surface area contributed by atoms with Gasteiger partial charge in [-0.05, 0) is 37.1 Å². The Morgan fingerprint density at radius 1 is 1.32 bits per heavy atom. The Kier molecular flexibility index (Phi) is 3.79. The van der Waals surface area contributed by atoms with Crippen molar-refractivity contribution in [2.45, 2.75) is 25.3 Å². The first-order valence-corrected chi connectivity index (χ1v) is 7.84. The Balaban J connectivity index is 1.50. The number of benzene rings is 1. The van der Waals surface area contributed by atoms with Crippen LogP contribution >= 0.6 is 0 Å². The van der Waals surface area contributed by atoms with Crippen LogP contribution in [0.25, 0.3) is 0 Å². The smallest absolute Gasteiger partial charge is 0.272 e. The van der Waals surface area contributed by atoms with Crippen molar-refractivity contribution in [3.8, 4) is 0 Å². The molecular formula is C17H14F2N4O2. The molecule has 128 valence electrons. The van der Waals surface area contributed by atoms with E-state index in [4.69, 9.17) is 4.52 Å². The minimum absolute atomic E-state index is 0.0882. The third-order valence-corrected chi connectivity index (χ3v) is 3.96. The topological polar surface area (TPSA) is 73.0 Å². The Morgan fingerprint density at radius 2 is 2.16 bits per heavy atom. The van der Waals surface area contributed by atoms with Gasteiger partial charge in [-0.2, -0.15) is 4.98 Å². The monoisotopic (exact) mass is 344 g/mol. The highest BCUT2D eigenvalue weighted by molar-refractivity contribution is 6.03. The van der Waals surface area contributed by atoms with Crippen LogP contribution in [0.2, 0.25) is 0 Å². The highest BCUT2D eigenvalue weighted by atomic mass is 19.1. The summed E-state index contributed by atoms with van der Waals surface area (Å²) in [5.74, 6) is -0.598. The van der Waals surface area contributed by atoms with Crippen LogP contribution < -0.4 is 5.32 Å². The molecule has 0 aliphatic heterocycles. The fourth-order valence-corrected chi connectivity index (χ4v) is 2.52. The highest BCUT2D eigenvalue weighted by Crippen LogP contribution is 2.38. The van der Waals surface area contributed by atoms with E-state index in [0.29, 0.717) is 29.4 Å². The summed E-state index contributed by atoms with van der Waals surface area (Å²) in [6.45, 7) is 0.262. The number of rotatable bonds is 5. The predicted molar refractivity (Wildman–Crippen MR) is 84.1 cm³/mol. The molecule has 25 heavy (non-hydrogen) atoms. The molecule has 6 nitrogen and oxygen atoms in total.